The lowest BCUT2D eigenvalue weighted by Gasteiger charge is -2.01. The van der Waals surface area contributed by atoms with Gasteiger partial charge in [0, 0.05) is 16.7 Å². The van der Waals surface area contributed by atoms with E-state index in [1.807, 2.05) is 55.5 Å². The van der Waals surface area contributed by atoms with E-state index < -0.39 is 0 Å². The largest absolute Gasteiger partial charge is 1.00 e. The fraction of sp³-hybridized carbons (Fsp3) is 0.0526. The summed E-state index contributed by atoms with van der Waals surface area (Å²) >= 11 is 6.49. The van der Waals surface area contributed by atoms with Gasteiger partial charge in [-0.1, -0.05) is 35.9 Å². The molecular formula is C19H19Cl3N4O. The maximum absolute atomic E-state index is 6.49. The molecule has 0 spiro atoms. The quantitative estimate of drug-likeness (QED) is 0.247. The molecule has 8 N–H and O–H groups in total. The van der Waals surface area contributed by atoms with Gasteiger partial charge >= 0.3 is 0 Å². The third kappa shape index (κ3) is 4.45. The minimum Gasteiger partial charge on any atom is -1.00 e. The molecule has 8 heteroatoms. The SMILES string of the molecule is Cc1c(-c2ccc(C(N)=[NH2+])cc2)oc(-c2ccc(C(N)=[NH2+])cc2)c1Cl.[Cl-].[Cl-]. The molecule has 1 aromatic heterocycles. The van der Waals surface area contributed by atoms with E-state index in [1.54, 1.807) is 0 Å². The van der Waals surface area contributed by atoms with Crippen molar-refractivity contribution in [2.75, 3.05) is 0 Å². The molecule has 0 fully saturated rings. The summed E-state index contributed by atoms with van der Waals surface area (Å²) in [5, 5.41) is 11.8. The highest BCUT2D eigenvalue weighted by Crippen LogP contribution is 2.39. The number of hydrogen-bond donors (Lipinski definition) is 4. The number of rotatable bonds is 4. The van der Waals surface area contributed by atoms with E-state index in [9.17, 15) is 0 Å². The Morgan fingerprint density at radius 3 is 1.52 bits per heavy atom. The molecule has 0 aliphatic heterocycles. The van der Waals surface area contributed by atoms with Gasteiger partial charge in [0.1, 0.15) is 5.76 Å². The van der Waals surface area contributed by atoms with Gasteiger partial charge in [0.05, 0.1) is 16.1 Å². The minimum absolute atomic E-state index is 0. The van der Waals surface area contributed by atoms with Gasteiger partial charge in [-0.2, -0.15) is 0 Å². The molecule has 0 atom stereocenters. The maximum Gasteiger partial charge on any atom is 0.270 e. The van der Waals surface area contributed by atoms with Crippen LogP contribution in [0.1, 0.15) is 16.7 Å². The van der Waals surface area contributed by atoms with Gasteiger partial charge in [-0.3, -0.25) is 22.3 Å². The van der Waals surface area contributed by atoms with Gasteiger partial charge in [0.15, 0.2) is 5.76 Å². The normalized spacial score (nSPS) is 9.85. The van der Waals surface area contributed by atoms with Crippen molar-refractivity contribution >= 4 is 23.3 Å². The molecule has 27 heavy (non-hydrogen) atoms. The van der Waals surface area contributed by atoms with Gasteiger partial charge in [0.25, 0.3) is 11.7 Å². The third-order valence-electron chi connectivity index (χ3n) is 4.03. The lowest BCUT2D eigenvalue weighted by atomic mass is 10.1. The van der Waals surface area contributed by atoms with Crippen molar-refractivity contribution in [1.82, 2.24) is 0 Å². The molecule has 0 radical (unpaired) electrons. The van der Waals surface area contributed by atoms with E-state index in [1.165, 1.54) is 0 Å². The van der Waals surface area contributed by atoms with Crippen LogP contribution in [0.15, 0.2) is 52.9 Å². The molecule has 1 heterocycles. The predicted molar refractivity (Wildman–Crippen MR) is 99.8 cm³/mol. The van der Waals surface area contributed by atoms with Crippen molar-refractivity contribution in [1.29, 1.82) is 0 Å². The standard InChI is InChI=1S/C19H17ClN4O.2ClH/c1-10-15(20)17(12-4-8-14(9-5-12)19(23)24)25-16(10)11-2-6-13(7-3-11)18(21)22;;/h2-9H,1H3,(H3,21,22)(H3,23,24);2*1H. The van der Waals surface area contributed by atoms with Gasteiger partial charge in [-0.25, -0.2) is 0 Å². The van der Waals surface area contributed by atoms with Crippen LogP contribution in [0, 0.1) is 6.92 Å². The van der Waals surface area contributed by atoms with Crippen molar-refractivity contribution < 1.29 is 40.0 Å². The van der Waals surface area contributed by atoms with E-state index in [4.69, 9.17) is 38.3 Å². The molecule has 0 bridgehead atoms. The Morgan fingerprint density at radius 1 is 0.778 bits per heavy atom. The molecule has 3 rings (SSSR count). The summed E-state index contributed by atoms with van der Waals surface area (Å²) in [7, 11) is 0. The van der Waals surface area contributed by atoms with Crippen molar-refractivity contribution in [3.05, 3.63) is 70.2 Å². The number of benzene rings is 2. The van der Waals surface area contributed by atoms with Crippen molar-refractivity contribution in [2.45, 2.75) is 6.92 Å². The van der Waals surface area contributed by atoms with E-state index in [0.29, 0.717) is 16.5 Å². The first-order chi connectivity index (χ1) is 11.9. The predicted octanol–water partition coefficient (Wildman–Crippen LogP) is -5.49. The Balaban J connectivity index is 0.00000182. The van der Waals surface area contributed by atoms with E-state index >= 15 is 0 Å². The Bertz CT molecular complexity index is 886. The van der Waals surface area contributed by atoms with Crippen molar-refractivity contribution in [2.24, 2.45) is 11.5 Å². The molecule has 0 amide bonds. The summed E-state index contributed by atoms with van der Waals surface area (Å²) in [4.78, 5) is 0. The number of halogens is 3. The number of amidine groups is 2. The monoisotopic (exact) mass is 424 g/mol. The molecule has 142 valence electrons. The van der Waals surface area contributed by atoms with Crippen LogP contribution in [0.25, 0.3) is 22.6 Å². The lowest BCUT2D eigenvalue weighted by molar-refractivity contribution is -0.115. The van der Waals surface area contributed by atoms with Crippen LogP contribution in [0.3, 0.4) is 0 Å². The van der Waals surface area contributed by atoms with E-state index in [-0.39, 0.29) is 36.5 Å². The first kappa shape index (κ1) is 22.6. The number of furan rings is 1. The zero-order chi connectivity index (χ0) is 18.1. The van der Waals surface area contributed by atoms with E-state index in [2.05, 4.69) is 0 Å². The fourth-order valence-corrected chi connectivity index (χ4v) is 2.82. The van der Waals surface area contributed by atoms with Crippen molar-refractivity contribution in [3.63, 3.8) is 0 Å². The molecular weight excluding hydrogens is 407 g/mol. The zero-order valence-electron chi connectivity index (χ0n) is 14.5. The molecule has 0 saturated heterocycles. The summed E-state index contributed by atoms with van der Waals surface area (Å²) in [5.74, 6) is 1.85. The van der Waals surface area contributed by atoms with Crippen LogP contribution < -0.4 is 47.1 Å². The Morgan fingerprint density at radius 2 is 1.15 bits per heavy atom. The third-order valence-corrected chi connectivity index (χ3v) is 4.49. The summed E-state index contributed by atoms with van der Waals surface area (Å²) in [6.07, 6.45) is 0. The highest BCUT2D eigenvalue weighted by atomic mass is 35.5. The highest BCUT2D eigenvalue weighted by Gasteiger charge is 2.19. The maximum atomic E-state index is 6.49. The number of hydrogen-bond acceptors (Lipinski definition) is 1. The second-order valence-corrected chi connectivity index (χ2v) is 6.14. The number of nitrogens with two attached hydrogens (primary N) is 4. The summed E-state index contributed by atoms with van der Waals surface area (Å²) < 4.78 is 6.05. The van der Waals surface area contributed by atoms with Crippen molar-refractivity contribution in [3.8, 4) is 22.6 Å². The molecule has 3 aromatic rings. The average Bonchev–Trinajstić information content (AvgIpc) is 2.90. The second kappa shape index (κ2) is 8.95. The molecule has 0 aliphatic rings. The minimum atomic E-state index is 0. The zero-order valence-corrected chi connectivity index (χ0v) is 16.7. The van der Waals surface area contributed by atoms with Crippen LogP contribution in [0.4, 0.5) is 0 Å². The molecule has 0 unspecified atom stereocenters. The fourth-order valence-electron chi connectivity index (χ4n) is 2.58. The van der Waals surface area contributed by atoms with Crippen LogP contribution in [-0.4, -0.2) is 11.7 Å². The summed E-state index contributed by atoms with van der Waals surface area (Å²) in [6.45, 7) is 1.92. The summed E-state index contributed by atoms with van der Waals surface area (Å²) in [6, 6.07) is 14.9. The van der Waals surface area contributed by atoms with Crippen LogP contribution >= 0.6 is 11.6 Å². The van der Waals surface area contributed by atoms with Gasteiger partial charge < -0.3 is 29.2 Å². The van der Waals surface area contributed by atoms with Gasteiger partial charge in [-0.15, -0.1) is 0 Å². The molecule has 0 aliphatic carbocycles. The Hall–Kier alpha value is -2.47. The lowest BCUT2D eigenvalue weighted by Crippen LogP contribution is -3.00. The highest BCUT2D eigenvalue weighted by molar-refractivity contribution is 6.34. The van der Waals surface area contributed by atoms with Crippen LogP contribution in [0.2, 0.25) is 5.02 Å². The van der Waals surface area contributed by atoms with Crippen LogP contribution in [0.5, 0.6) is 0 Å². The molecule has 0 saturated carbocycles. The molecule has 5 nitrogen and oxygen atoms in total. The first-order valence-electron chi connectivity index (χ1n) is 7.64. The topological polar surface area (TPSA) is 116 Å². The van der Waals surface area contributed by atoms with Gasteiger partial charge in [-0.05, 0) is 31.2 Å². The average molecular weight is 426 g/mol. The van der Waals surface area contributed by atoms with Gasteiger partial charge in [0.2, 0.25) is 0 Å². The Kier molecular flexibility index (Phi) is 7.48. The van der Waals surface area contributed by atoms with E-state index in [0.717, 1.165) is 27.8 Å². The molecule has 2 aromatic carbocycles. The second-order valence-electron chi connectivity index (χ2n) is 5.76. The van der Waals surface area contributed by atoms with Crippen LogP contribution in [-0.2, 0) is 0 Å². The summed E-state index contributed by atoms with van der Waals surface area (Å²) in [5.41, 5.74) is 15.3. The Labute approximate surface area is 174 Å². The smallest absolute Gasteiger partial charge is 0.270 e. The first-order valence-corrected chi connectivity index (χ1v) is 8.02.